The number of nitrogens with one attached hydrogen (secondary N) is 2. The summed E-state index contributed by atoms with van der Waals surface area (Å²) in [4.78, 5) is 36.5. The number of alkyl carbamates (subject to hydrolysis) is 1. The number of carbonyl (C=O) groups excluding carboxylic acids is 2. The van der Waals surface area contributed by atoms with Crippen molar-refractivity contribution < 1.29 is 24.2 Å². The Labute approximate surface area is 198 Å². The zero-order valence-corrected chi connectivity index (χ0v) is 18.8. The maximum Gasteiger partial charge on any atom is 0.407 e. The molecule has 0 heterocycles. The molecule has 0 spiro atoms. The molecule has 7 nitrogen and oxygen atoms in total. The van der Waals surface area contributed by atoms with Gasteiger partial charge in [-0.25, -0.2) is 4.79 Å². The monoisotopic (exact) mass is 460 g/mol. The minimum absolute atomic E-state index is 0.0103. The largest absolute Gasteiger partial charge is 0.481 e. The molecule has 2 unspecified atom stereocenters. The molecule has 3 aliphatic rings. The lowest BCUT2D eigenvalue weighted by Crippen LogP contribution is -2.48. The molecule has 0 saturated heterocycles. The Morgan fingerprint density at radius 1 is 0.971 bits per heavy atom. The van der Waals surface area contributed by atoms with E-state index >= 15 is 0 Å². The van der Waals surface area contributed by atoms with E-state index in [2.05, 4.69) is 34.9 Å². The number of rotatable bonds is 7. The predicted molar refractivity (Wildman–Crippen MR) is 126 cm³/mol. The third kappa shape index (κ3) is 4.06. The van der Waals surface area contributed by atoms with Crippen LogP contribution in [0.25, 0.3) is 11.1 Å². The second-order valence-corrected chi connectivity index (χ2v) is 9.46. The number of carbonyl (C=O) groups is 3. The third-order valence-electron chi connectivity index (χ3n) is 7.43. The van der Waals surface area contributed by atoms with Crippen LogP contribution in [0.1, 0.15) is 42.7 Å². The van der Waals surface area contributed by atoms with Crippen LogP contribution in [0, 0.1) is 11.3 Å². The van der Waals surface area contributed by atoms with E-state index in [0.29, 0.717) is 19.3 Å². The topological polar surface area (TPSA) is 105 Å². The van der Waals surface area contributed by atoms with Crippen molar-refractivity contribution in [1.82, 2.24) is 10.6 Å². The number of ether oxygens (including phenoxy) is 1. The van der Waals surface area contributed by atoms with Crippen molar-refractivity contribution in [1.29, 1.82) is 0 Å². The fourth-order valence-electron chi connectivity index (χ4n) is 5.25. The average molecular weight is 461 g/mol. The summed E-state index contributed by atoms with van der Waals surface area (Å²) in [6.07, 6.45) is 5.52. The Balaban J connectivity index is 1.12. The van der Waals surface area contributed by atoms with Crippen LogP contribution in [0.3, 0.4) is 0 Å². The molecule has 2 aromatic carbocycles. The molecule has 2 amide bonds. The molecule has 3 aliphatic carbocycles. The van der Waals surface area contributed by atoms with Crippen molar-refractivity contribution in [2.75, 3.05) is 13.2 Å². The van der Waals surface area contributed by atoms with Crippen molar-refractivity contribution in [3.8, 4) is 11.1 Å². The summed E-state index contributed by atoms with van der Waals surface area (Å²) < 4.78 is 5.59. The lowest BCUT2D eigenvalue weighted by atomic mass is 9.68. The van der Waals surface area contributed by atoms with E-state index in [1.165, 1.54) is 11.1 Å². The van der Waals surface area contributed by atoms with Crippen LogP contribution in [0.5, 0.6) is 0 Å². The first-order valence-corrected chi connectivity index (χ1v) is 11.8. The van der Waals surface area contributed by atoms with Gasteiger partial charge >= 0.3 is 12.1 Å². The Morgan fingerprint density at radius 3 is 2.21 bits per heavy atom. The number of fused-ring (bicyclic) bond motifs is 3. The standard InChI is InChI=1S/C27H28N2O5/c30-24(28-16-27(25(31)32)12-5-13-27)17-10-11-18(14-17)29-26(33)34-15-23-21-8-3-1-6-19(21)20-7-2-4-9-22(20)23/h1-4,6-11,17-18,23H,5,12-16H2,(H,28,30)(H,29,33)(H,31,32). The molecule has 34 heavy (non-hydrogen) atoms. The van der Waals surface area contributed by atoms with Crippen molar-refractivity contribution >= 4 is 18.0 Å². The Bertz CT molecular complexity index is 1110. The number of aliphatic carboxylic acids is 1. The molecule has 7 heteroatoms. The third-order valence-corrected chi connectivity index (χ3v) is 7.43. The fraction of sp³-hybridized carbons (Fsp3) is 0.370. The number of carboxylic acid groups (broad SMARTS) is 1. The van der Waals surface area contributed by atoms with E-state index < -0.39 is 23.4 Å². The van der Waals surface area contributed by atoms with E-state index in [9.17, 15) is 19.5 Å². The first-order valence-electron chi connectivity index (χ1n) is 11.8. The summed E-state index contributed by atoms with van der Waals surface area (Å²) in [5, 5.41) is 15.0. The normalized spacial score (nSPS) is 21.8. The first-order chi connectivity index (χ1) is 16.5. The molecule has 0 bridgehead atoms. The van der Waals surface area contributed by atoms with Crippen LogP contribution in [0.2, 0.25) is 0 Å². The number of hydrogen-bond donors (Lipinski definition) is 3. The molecule has 2 atom stereocenters. The number of benzene rings is 2. The molecule has 3 N–H and O–H groups in total. The zero-order chi connectivity index (χ0) is 23.7. The molecule has 0 aliphatic heterocycles. The first kappa shape index (κ1) is 22.2. The predicted octanol–water partition coefficient (Wildman–Crippen LogP) is 3.84. The van der Waals surface area contributed by atoms with E-state index in [4.69, 9.17) is 4.74 Å². The van der Waals surface area contributed by atoms with Crippen LogP contribution < -0.4 is 10.6 Å². The number of hydrogen-bond acceptors (Lipinski definition) is 4. The van der Waals surface area contributed by atoms with Gasteiger partial charge in [0.2, 0.25) is 5.91 Å². The fourth-order valence-corrected chi connectivity index (χ4v) is 5.25. The van der Waals surface area contributed by atoms with Crippen LogP contribution >= 0.6 is 0 Å². The van der Waals surface area contributed by atoms with Gasteiger partial charge in [-0.3, -0.25) is 9.59 Å². The molecule has 1 fully saturated rings. The second kappa shape index (κ2) is 8.97. The smallest absolute Gasteiger partial charge is 0.407 e. The summed E-state index contributed by atoms with van der Waals surface area (Å²) in [6.45, 7) is 0.382. The van der Waals surface area contributed by atoms with Gasteiger partial charge < -0.3 is 20.5 Å². The van der Waals surface area contributed by atoms with Crippen LogP contribution in [-0.4, -0.2) is 42.3 Å². The highest BCUT2D eigenvalue weighted by atomic mass is 16.5. The highest BCUT2D eigenvalue weighted by Crippen LogP contribution is 2.44. The molecule has 2 aromatic rings. The van der Waals surface area contributed by atoms with Gasteiger partial charge in [-0.1, -0.05) is 67.1 Å². The van der Waals surface area contributed by atoms with Gasteiger partial charge in [-0.15, -0.1) is 0 Å². The number of carboxylic acids is 1. The van der Waals surface area contributed by atoms with Crippen molar-refractivity contribution in [3.63, 3.8) is 0 Å². The van der Waals surface area contributed by atoms with E-state index in [1.54, 1.807) is 12.2 Å². The SMILES string of the molecule is O=C(NC1C=CC(C(=O)NCC2(C(=O)O)CCC2)C1)OCC1c2ccccc2-c2ccccc21. The molecule has 1 saturated carbocycles. The molecule has 0 radical (unpaired) electrons. The van der Waals surface area contributed by atoms with E-state index in [0.717, 1.165) is 17.5 Å². The lowest BCUT2D eigenvalue weighted by molar-refractivity contribution is -0.154. The van der Waals surface area contributed by atoms with Gasteiger partial charge in [0.1, 0.15) is 6.61 Å². The highest BCUT2D eigenvalue weighted by molar-refractivity contribution is 5.83. The molecular formula is C27H28N2O5. The highest BCUT2D eigenvalue weighted by Gasteiger charge is 2.44. The van der Waals surface area contributed by atoms with Crippen LogP contribution in [0.4, 0.5) is 4.79 Å². The quantitative estimate of drug-likeness (QED) is 0.545. The van der Waals surface area contributed by atoms with Crippen LogP contribution in [-0.2, 0) is 14.3 Å². The summed E-state index contributed by atoms with van der Waals surface area (Å²) >= 11 is 0. The molecule has 176 valence electrons. The van der Waals surface area contributed by atoms with E-state index in [-0.39, 0.29) is 31.0 Å². The van der Waals surface area contributed by atoms with Gasteiger partial charge in [0.25, 0.3) is 0 Å². The minimum Gasteiger partial charge on any atom is -0.481 e. The van der Waals surface area contributed by atoms with Gasteiger partial charge in [-0.05, 0) is 41.5 Å². The zero-order valence-electron chi connectivity index (χ0n) is 18.8. The molecule has 0 aromatic heterocycles. The average Bonchev–Trinajstić information content (AvgIpc) is 3.39. The van der Waals surface area contributed by atoms with Gasteiger partial charge in [0.05, 0.1) is 17.4 Å². The molecular weight excluding hydrogens is 432 g/mol. The second-order valence-electron chi connectivity index (χ2n) is 9.46. The maximum atomic E-state index is 12.5. The van der Waals surface area contributed by atoms with Crippen molar-refractivity contribution in [2.45, 2.75) is 37.6 Å². The van der Waals surface area contributed by atoms with Gasteiger partial charge in [0.15, 0.2) is 0 Å². The maximum absolute atomic E-state index is 12.5. The summed E-state index contributed by atoms with van der Waals surface area (Å²) in [6, 6.07) is 16.0. The van der Waals surface area contributed by atoms with Crippen molar-refractivity contribution in [3.05, 3.63) is 71.8 Å². The molecule has 5 rings (SSSR count). The summed E-state index contributed by atoms with van der Waals surface area (Å²) in [5.41, 5.74) is 3.83. The minimum atomic E-state index is -0.851. The Hall–Kier alpha value is -3.61. The Kier molecular flexibility index (Phi) is 5.86. The Morgan fingerprint density at radius 2 is 1.62 bits per heavy atom. The van der Waals surface area contributed by atoms with Gasteiger partial charge in [-0.2, -0.15) is 0 Å². The van der Waals surface area contributed by atoms with Gasteiger partial charge in [0, 0.05) is 12.5 Å². The van der Waals surface area contributed by atoms with E-state index in [1.807, 2.05) is 24.3 Å². The summed E-state index contributed by atoms with van der Waals surface area (Å²) in [5.74, 6) is -1.47. The van der Waals surface area contributed by atoms with Crippen molar-refractivity contribution in [2.24, 2.45) is 11.3 Å². The summed E-state index contributed by atoms with van der Waals surface area (Å²) in [7, 11) is 0. The van der Waals surface area contributed by atoms with Crippen LogP contribution in [0.15, 0.2) is 60.7 Å². The number of amides is 2. The lowest BCUT2D eigenvalue weighted by Gasteiger charge is -2.37.